The van der Waals surface area contributed by atoms with Crippen LogP contribution in [0.5, 0.6) is 0 Å². The number of rotatable bonds is 2. The van der Waals surface area contributed by atoms with Crippen LogP contribution < -0.4 is 0 Å². The number of likely N-dealkylation sites (tertiary alicyclic amines) is 1. The minimum Gasteiger partial charge on any atom is -0.282 e. The maximum atomic E-state index is 12.2. The average Bonchev–Trinajstić information content (AvgIpc) is 2.87. The Hall–Kier alpha value is -1.12. The Morgan fingerprint density at radius 3 is 2.12 bits per heavy atom. The van der Waals surface area contributed by atoms with Gasteiger partial charge in [0.05, 0.1) is 11.8 Å². The number of nitrogens with zero attached hydrogens (tertiary/aromatic N) is 1. The average molecular weight is 219 g/mol. The lowest BCUT2D eigenvalue weighted by molar-refractivity contribution is -0.141. The first-order valence-corrected chi connectivity index (χ1v) is 6.13. The monoisotopic (exact) mass is 219 g/mol. The zero-order valence-corrected chi connectivity index (χ0v) is 9.72. The van der Waals surface area contributed by atoms with Gasteiger partial charge in [-0.15, -0.1) is 0 Å². The number of amides is 2. The van der Waals surface area contributed by atoms with E-state index in [0.29, 0.717) is 24.3 Å². The smallest absolute Gasteiger partial charge is 0.233 e. The van der Waals surface area contributed by atoms with E-state index in [-0.39, 0.29) is 23.7 Å². The van der Waals surface area contributed by atoms with Crippen molar-refractivity contribution in [3.05, 3.63) is 12.2 Å². The number of hydrogen-bond donors (Lipinski definition) is 0. The molecule has 3 heteroatoms. The molecule has 16 heavy (non-hydrogen) atoms. The maximum absolute atomic E-state index is 12.2. The van der Waals surface area contributed by atoms with Crippen molar-refractivity contribution in [1.29, 1.82) is 0 Å². The predicted octanol–water partition coefficient (Wildman–Crippen LogP) is 1.45. The molecule has 2 bridgehead atoms. The Morgan fingerprint density at radius 1 is 1.19 bits per heavy atom. The zero-order chi connectivity index (χ0) is 11.4. The molecule has 0 aromatic heterocycles. The number of hydrogen-bond acceptors (Lipinski definition) is 2. The van der Waals surface area contributed by atoms with Crippen molar-refractivity contribution in [2.24, 2.45) is 29.6 Å². The second-order valence-corrected chi connectivity index (χ2v) is 5.68. The number of carbonyl (C=O) groups excluding carboxylic acids is 2. The number of imide groups is 1. The Labute approximate surface area is 95.5 Å². The van der Waals surface area contributed by atoms with E-state index in [9.17, 15) is 9.59 Å². The molecule has 0 unspecified atom stereocenters. The van der Waals surface area contributed by atoms with Crippen molar-refractivity contribution < 1.29 is 9.59 Å². The van der Waals surface area contributed by atoms with E-state index in [4.69, 9.17) is 0 Å². The fraction of sp³-hybridized carbons (Fsp3) is 0.692. The number of carbonyl (C=O) groups is 2. The quantitative estimate of drug-likeness (QED) is 0.520. The SMILES string of the molecule is CC(C)CN1C(=O)[C@@H]2[C@@H](C1=O)[C@H]1C=C[C@@H]2C1. The molecule has 1 saturated carbocycles. The van der Waals surface area contributed by atoms with Crippen LogP contribution in [-0.4, -0.2) is 23.3 Å². The minimum absolute atomic E-state index is 0.0266. The van der Waals surface area contributed by atoms with Crippen LogP contribution in [0.3, 0.4) is 0 Å². The Balaban J connectivity index is 1.89. The molecular formula is C13H17NO2. The van der Waals surface area contributed by atoms with Crippen molar-refractivity contribution in [1.82, 2.24) is 4.90 Å². The van der Waals surface area contributed by atoms with Gasteiger partial charge in [0.1, 0.15) is 0 Å². The van der Waals surface area contributed by atoms with Crippen LogP contribution in [-0.2, 0) is 9.59 Å². The molecule has 0 radical (unpaired) electrons. The summed E-state index contributed by atoms with van der Waals surface area (Å²) in [6, 6.07) is 0. The molecule has 0 aromatic rings. The van der Waals surface area contributed by atoms with Crippen molar-refractivity contribution in [2.45, 2.75) is 20.3 Å². The third kappa shape index (κ3) is 1.14. The molecule has 4 atom stereocenters. The van der Waals surface area contributed by atoms with Gasteiger partial charge in [-0.1, -0.05) is 26.0 Å². The predicted molar refractivity (Wildman–Crippen MR) is 59.3 cm³/mol. The molecule has 2 amide bonds. The van der Waals surface area contributed by atoms with E-state index < -0.39 is 0 Å². The van der Waals surface area contributed by atoms with Crippen molar-refractivity contribution in [3.63, 3.8) is 0 Å². The van der Waals surface area contributed by atoms with E-state index in [0.717, 1.165) is 6.42 Å². The molecule has 3 nitrogen and oxygen atoms in total. The number of fused-ring (bicyclic) bond motifs is 5. The van der Waals surface area contributed by atoms with Gasteiger partial charge >= 0.3 is 0 Å². The summed E-state index contributed by atoms with van der Waals surface area (Å²) in [7, 11) is 0. The summed E-state index contributed by atoms with van der Waals surface area (Å²) in [6.45, 7) is 4.67. The molecular weight excluding hydrogens is 202 g/mol. The largest absolute Gasteiger partial charge is 0.282 e. The summed E-state index contributed by atoms with van der Waals surface area (Å²) in [4.78, 5) is 25.9. The van der Waals surface area contributed by atoms with E-state index in [2.05, 4.69) is 12.2 Å². The highest BCUT2D eigenvalue weighted by atomic mass is 16.2. The molecule has 0 spiro atoms. The lowest BCUT2D eigenvalue weighted by atomic mass is 9.85. The lowest BCUT2D eigenvalue weighted by Gasteiger charge is -2.18. The summed E-state index contributed by atoms with van der Waals surface area (Å²) in [5.41, 5.74) is 0. The summed E-state index contributed by atoms with van der Waals surface area (Å²) in [5.74, 6) is 1.15. The van der Waals surface area contributed by atoms with E-state index in [1.807, 2.05) is 13.8 Å². The first kappa shape index (κ1) is 10.1. The lowest BCUT2D eigenvalue weighted by Crippen LogP contribution is -2.35. The molecule has 1 heterocycles. The Kier molecular flexibility index (Phi) is 2.00. The van der Waals surface area contributed by atoms with Gasteiger partial charge in [-0.2, -0.15) is 0 Å². The summed E-state index contributed by atoms with van der Waals surface area (Å²) >= 11 is 0. The molecule has 3 rings (SSSR count). The molecule has 1 saturated heterocycles. The highest BCUT2D eigenvalue weighted by Gasteiger charge is 2.58. The molecule has 2 aliphatic carbocycles. The van der Waals surface area contributed by atoms with Crippen LogP contribution in [0.1, 0.15) is 20.3 Å². The fourth-order valence-electron chi connectivity index (χ4n) is 3.51. The molecule has 86 valence electrons. The van der Waals surface area contributed by atoms with E-state index in [1.54, 1.807) is 0 Å². The van der Waals surface area contributed by atoms with Crippen LogP contribution in [0.2, 0.25) is 0 Å². The highest BCUT2D eigenvalue weighted by Crippen LogP contribution is 2.52. The van der Waals surface area contributed by atoms with Crippen molar-refractivity contribution in [2.75, 3.05) is 6.54 Å². The maximum Gasteiger partial charge on any atom is 0.233 e. The van der Waals surface area contributed by atoms with E-state index >= 15 is 0 Å². The van der Waals surface area contributed by atoms with Crippen LogP contribution in [0.4, 0.5) is 0 Å². The molecule has 3 aliphatic rings. The van der Waals surface area contributed by atoms with Crippen LogP contribution >= 0.6 is 0 Å². The van der Waals surface area contributed by atoms with Crippen LogP contribution in [0.25, 0.3) is 0 Å². The van der Waals surface area contributed by atoms with Gasteiger partial charge in [0.25, 0.3) is 0 Å². The highest BCUT2D eigenvalue weighted by molar-refractivity contribution is 6.06. The second kappa shape index (κ2) is 3.19. The molecule has 0 N–H and O–H groups in total. The van der Waals surface area contributed by atoms with Crippen molar-refractivity contribution >= 4 is 11.8 Å². The van der Waals surface area contributed by atoms with Crippen LogP contribution in [0.15, 0.2) is 12.2 Å². The Bertz CT molecular complexity index is 355. The van der Waals surface area contributed by atoms with Gasteiger partial charge in [0.2, 0.25) is 11.8 Å². The van der Waals surface area contributed by atoms with Crippen molar-refractivity contribution in [3.8, 4) is 0 Å². The fourth-order valence-corrected chi connectivity index (χ4v) is 3.51. The summed E-state index contributed by atoms with van der Waals surface area (Å²) in [5, 5.41) is 0. The topological polar surface area (TPSA) is 37.4 Å². The molecule has 0 aromatic carbocycles. The zero-order valence-electron chi connectivity index (χ0n) is 9.72. The third-order valence-corrected chi connectivity index (χ3v) is 4.11. The summed E-state index contributed by atoms with van der Waals surface area (Å²) in [6.07, 6.45) is 5.29. The standard InChI is InChI=1S/C13H17NO2/c1-7(2)6-14-12(15)10-8-3-4-9(5-8)11(10)13(14)16/h3-4,7-11H,5-6H2,1-2H3/t8-,9+,10-,11-/m0/s1. The second-order valence-electron chi connectivity index (χ2n) is 5.68. The van der Waals surface area contributed by atoms with Gasteiger partial charge in [-0.25, -0.2) is 0 Å². The first-order chi connectivity index (χ1) is 7.59. The minimum atomic E-state index is -0.0266. The van der Waals surface area contributed by atoms with Gasteiger partial charge in [-0.05, 0) is 24.2 Å². The Morgan fingerprint density at radius 2 is 1.69 bits per heavy atom. The molecule has 1 aliphatic heterocycles. The van der Waals surface area contributed by atoms with Gasteiger partial charge in [-0.3, -0.25) is 14.5 Å². The molecule has 2 fully saturated rings. The van der Waals surface area contributed by atoms with Gasteiger partial charge in [0.15, 0.2) is 0 Å². The third-order valence-electron chi connectivity index (χ3n) is 4.11. The van der Waals surface area contributed by atoms with E-state index in [1.165, 1.54) is 4.90 Å². The summed E-state index contributed by atoms with van der Waals surface area (Å²) < 4.78 is 0. The van der Waals surface area contributed by atoms with Gasteiger partial charge < -0.3 is 0 Å². The van der Waals surface area contributed by atoms with Gasteiger partial charge in [0, 0.05) is 6.54 Å². The number of allylic oxidation sites excluding steroid dienone is 2. The van der Waals surface area contributed by atoms with Crippen LogP contribution in [0, 0.1) is 29.6 Å². The normalized spacial score (nSPS) is 40.3. The first-order valence-electron chi connectivity index (χ1n) is 6.13.